The number of nitrogens with one attached hydrogen (secondary N) is 2. The van der Waals surface area contributed by atoms with Gasteiger partial charge in [-0.05, 0) is 38.5 Å². The summed E-state index contributed by atoms with van der Waals surface area (Å²) in [6.07, 6.45) is 0.459. The quantitative estimate of drug-likeness (QED) is 0.753. The van der Waals surface area contributed by atoms with E-state index in [0.717, 1.165) is 5.56 Å². The van der Waals surface area contributed by atoms with E-state index in [1.165, 1.54) is 0 Å². The highest BCUT2D eigenvalue weighted by molar-refractivity contribution is 5.76. The van der Waals surface area contributed by atoms with Crippen LogP contribution in [0.15, 0.2) is 24.3 Å². The van der Waals surface area contributed by atoms with Gasteiger partial charge < -0.3 is 15.4 Å². The van der Waals surface area contributed by atoms with Gasteiger partial charge in [-0.1, -0.05) is 12.1 Å². The van der Waals surface area contributed by atoms with Crippen LogP contribution in [0.4, 0.5) is 0 Å². The maximum Gasteiger partial charge on any atom is 0.221 e. The summed E-state index contributed by atoms with van der Waals surface area (Å²) >= 11 is 0. The molecular weight excluding hydrogens is 266 g/mol. The molecule has 0 saturated carbocycles. The third-order valence-corrected chi connectivity index (χ3v) is 2.60. The lowest BCUT2D eigenvalue weighted by atomic mass is 10.1. The molecule has 0 aromatic heterocycles. The zero-order valence-electron chi connectivity index (χ0n) is 12.9. The van der Waals surface area contributed by atoms with Gasteiger partial charge in [0.1, 0.15) is 11.8 Å². The van der Waals surface area contributed by atoms with E-state index >= 15 is 0 Å². The lowest BCUT2D eigenvalue weighted by molar-refractivity contribution is -0.122. The Morgan fingerprint density at radius 3 is 2.52 bits per heavy atom. The summed E-state index contributed by atoms with van der Waals surface area (Å²) in [5.74, 6) is 0.736. The first-order valence-corrected chi connectivity index (χ1v) is 7.01. The number of carbonyl (C=O) groups excluding carboxylic acids is 1. The number of ether oxygens (including phenoxy) is 1. The minimum atomic E-state index is -0.184. The Kier molecular flexibility index (Phi) is 6.70. The van der Waals surface area contributed by atoms with E-state index in [-0.39, 0.29) is 18.1 Å². The summed E-state index contributed by atoms with van der Waals surface area (Å²) < 4.78 is 5.18. The Hall–Kier alpha value is -2.06. The van der Waals surface area contributed by atoms with Crippen molar-refractivity contribution in [2.75, 3.05) is 13.2 Å². The summed E-state index contributed by atoms with van der Waals surface area (Å²) in [4.78, 5) is 11.6. The summed E-state index contributed by atoms with van der Waals surface area (Å²) in [6, 6.07) is 9.47. The minimum Gasteiger partial charge on any atom is -0.479 e. The summed E-state index contributed by atoms with van der Waals surface area (Å²) in [7, 11) is 0. The van der Waals surface area contributed by atoms with Gasteiger partial charge in [0.05, 0.1) is 0 Å². The number of nitrogens with zero attached hydrogens (tertiary/aromatic N) is 1. The molecule has 0 spiro atoms. The van der Waals surface area contributed by atoms with Gasteiger partial charge in [0.15, 0.2) is 6.61 Å². The van der Waals surface area contributed by atoms with Gasteiger partial charge in [-0.25, -0.2) is 0 Å². The first-order valence-electron chi connectivity index (χ1n) is 7.01. The van der Waals surface area contributed by atoms with Gasteiger partial charge in [0, 0.05) is 25.0 Å². The summed E-state index contributed by atoms with van der Waals surface area (Å²) in [5, 5.41) is 14.6. The van der Waals surface area contributed by atoms with Gasteiger partial charge >= 0.3 is 0 Å². The molecule has 2 N–H and O–H groups in total. The van der Waals surface area contributed by atoms with Gasteiger partial charge in [-0.3, -0.25) is 4.79 Å². The average molecular weight is 289 g/mol. The highest BCUT2D eigenvalue weighted by Gasteiger charge is 2.12. The maximum absolute atomic E-state index is 11.6. The van der Waals surface area contributed by atoms with Crippen LogP contribution in [0.1, 0.15) is 32.8 Å². The molecule has 0 aliphatic rings. The number of nitriles is 1. The number of amides is 1. The molecule has 0 unspecified atom stereocenters. The molecule has 0 atom stereocenters. The van der Waals surface area contributed by atoms with E-state index in [4.69, 9.17) is 10.00 Å². The molecule has 0 radical (unpaired) electrons. The van der Waals surface area contributed by atoms with Crippen molar-refractivity contribution in [2.24, 2.45) is 0 Å². The predicted molar refractivity (Wildman–Crippen MR) is 81.8 cm³/mol. The molecule has 1 rings (SSSR count). The highest BCUT2D eigenvalue weighted by atomic mass is 16.5. The van der Waals surface area contributed by atoms with Gasteiger partial charge in [0.25, 0.3) is 0 Å². The Labute approximate surface area is 126 Å². The second kappa shape index (κ2) is 8.28. The van der Waals surface area contributed by atoms with E-state index in [1.54, 1.807) is 0 Å². The van der Waals surface area contributed by atoms with Crippen molar-refractivity contribution in [1.82, 2.24) is 10.6 Å². The molecule has 0 aliphatic heterocycles. The molecule has 1 aromatic rings. The van der Waals surface area contributed by atoms with Crippen LogP contribution in [-0.4, -0.2) is 24.6 Å². The van der Waals surface area contributed by atoms with E-state index in [2.05, 4.69) is 10.6 Å². The summed E-state index contributed by atoms with van der Waals surface area (Å²) in [5.41, 5.74) is 0.923. The fourth-order valence-electron chi connectivity index (χ4n) is 1.73. The van der Waals surface area contributed by atoms with Gasteiger partial charge in [-0.15, -0.1) is 0 Å². The minimum absolute atomic E-state index is 0.0512. The Morgan fingerprint density at radius 1 is 1.29 bits per heavy atom. The van der Waals surface area contributed by atoms with Crippen LogP contribution < -0.4 is 15.4 Å². The first-order chi connectivity index (χ1) is 9.90. The Balaban J connectivity index is 2.24. The fourth-order valence-corrected chi connectivity index (χ4v) is 1.73. The molecule has 0 aliphatic carbocycles. The van der Waals surface area contributed by atoms with Crippen molar-refractivity contribution >= 4 is 5.91 Å². The number of carbonyl (C=O) groups is 1. The highest BCUT2D eigenvalue weighted by Crippen LogP contribution is 2.11. The van der Waals surface area contributed by atoms with E-state index in [9.17, 15) is 4.79 Å². The predicted octanol–water partition coefficient (Wildman–Crippen LogP) is 1.98. The van der Waals surface area contributed by atoms with Crippen molar-refractivity contribution in [3.8, 4) is 11.8 Å². The van der Waals surface area contributed by atoms with Crippen LogP contribution in [-0.2, 0) is 11.3 Å². The van der Waals surface area contributed by atoms with Crippen LogP contribution in [0.5, 0.6) is 5.75 Å². The average Bonchev–Trinajstić information content (AvgIpc) is 2.41. The van der Waals surface area contributed by atoms with Crippen LogP contribution >= 0.6 is 0 Å². The second-order valence-electron chi connectivity index (χ2n) is 5.82. The lowest BCUT2D eigenvalue weighted by Crippen LogP contribution is -2.41. The summed E-state index contributed by atoms with van der Waals surface area (Å²) in [6.45, 7) is 7.28. The third-order valence-electron chi connectivity index (χ3n) is 2.60. The first kappa shape index (κ1) is 17.0. The molecule has 0 bridgehead atoms. The molecule has 0 fully saturated rings. The van der Waals surface area contributed by atoms with E-state index in [0.29, 0.717) is 25.3 Å². The SMILES string of the molecule is CC(C)(C)NC(=O)CCNCc1ccc(OCC#N)cc1. The van der Waals surface area contributed by atoms with Crippen LogP contribution in [0.2, 0.25) is 0 Å². The number of benzene rings is 1. The number of hydrogen-bond donors (Lipinski definition) is 2. The normalized spacial score (nSPS) is 10.8. The van der Waals surface area contributed by atoms with Crippen molar-refractivity contribution in [3.63, 3.8) is 0 Å². The molecule has 21 heavy (non-hydrogen) atoms. The van der Waals surface area contributed by atoms with Gasteiger partial charge in [-0.2, -0.15) is 5.26 Å². The molecule has 114 valence electrons. The molecule has 1 aromatic carbocycles. The lowest BCUT2D eigenvalue weighted by Gasteiger charge is -2.20. The van der Waals surface area contributed by atoms with Crippen LogP contribution in [0.3, 0.4) is 0 Å². The number of rotatable bonds is 7. The van der Waals surface area contributed by atoms with Crippen LogP contribution in [0, 0.1) is 11.3 Å². The smallest absolute Gasteiger partial charge is 0.221 e. The number of hydrogen-bond acceptors (Lipinski definition) is 4. The Morgan fingerprint density at radius 2 is 1.95 bits per heavy atom. The zero-order chi connectivity index (χ0) is 15.7. The standard InChI is InChI=1S/C16H23N3O2/c1-16(2,3)19-15(20)8-10-18-12-13-4-6-14(7-5-13)21-11-9-17/h4-7,18H,8,10-12H2,1-3H3,(H,19,20). The van der Waals surface area contributed by atoms with Crippen molar-refractivity contribution in [2.45, 2.75) is 39.3 Å². The molecular formula is C16H23N3O2. The third kappa shape index (κ3) is 7.95. The molecule has 0 saturated heterocycles. The van der Waals surface area contributed by atoms with E-state index in [1.807, 2.05) is 51.1 Å². The molecule has 5 heteroatoms. The van der Waals surface area contributed by atoms with Crippen molar-refractivity contribution in [3.05, 3.63) is 29.8 Å². The maximum atomic E-state index is 11.6. The largest absolute Gasteiger partial charge is 0.479 e. The topological polar surface area (TPSA) is 74.2 Å². The molecule has 0 heterocycles. The van der Waals surface area contributed by atoms with E-state index < -0.39 is 0 Å². The van der Waals surface area contributed by atoms with Crippen LogP contribution in [0.25, 0.3) is 0 Å². The fraction of sp³-hybridized carbons (Fsp3) is 0.500. The van der Waals surface area contributed by atoms with Crippen molar-refractivity contribution in [1.29, 1.82) is 5.26 Å². The molecule has 5 nitrogen and oxygen atoms in total. The molecule has 1 amide bonds. The monoisotopic (exact) mass is 289 g/mol. The second-order valence-corrected chi connectivity index (χ2v) is 5.82. The van der Waals surface area contributed by atoms with Gasteiger partial charge in [0.2, 0.25) is 5.91 Å². The zero-order valence-corrected chi connectivity index (χ0v) is 12.9. The van der Waals surface area contributed by atoms with Crippen molar-refractivity contribution < 1.29 is 9.53 Å². The Bertz CT molecular complexity index is 484.